The second-order valence-electron chi connectivity index (χ2n) is 5.37. The lowest BCUT2D eigenvalue weighted by Crippen LogP contribution is -2.27. The Morgan fingerprint density at radius 3 is 2.65 bits per heavy atom. The molecule has 1 nitrogen and oxygen atoms in total. The summed E-state index contributed by atoms with van der Waals surface area (Å²) in [5, 5.41) is 3.45. The van der Waals surface area contributed by atoms with Crippen molar-refractivity contribution in [2.75, 3.05) is 6.54 Å². The minimum atomic E-state index is -0.186. The van der Waals surface area contributed by atoms with Gasteiger partial charge in [0.15, 0.2) is 0 Å². The Morgan fingerprint density at radius 1 is 1.41 bits per heavy atom. The predicted molar refractivity (Wildman–Crippen MR) is 72.3 cm³/mol. The lowest BCUT2D eigenvalue weighted by atomic mass is 9.92. The minimum absolute atomic E-state index is 0.186. The van der Waals surface area contributed by atoms with Crippen LogP contribution >= 0.6 is 15.9 Å². The molecule has 94 valence electrons. The van der Waals surface area contributed by atoms with Crippen LogP contribution in [0.15, 0.2) is 22.7 Å². The zero-order valence-electron chi connectivity index (χ0n) is 10.4. The summed E-state index contributed by atoms with van der Waals surface area (Å²) in [5.74, 6) is 0.547. The summed E-state index contributed by atoms with van der Waals surface area (Å²) >= 11 is 3.16. The monoisotopic (exact) mass is 299 g/mol. The van der Waals surface area contributed by atoms with Gasteiger partial charge in [-0.1, -0.05) is 19.9 Å². The molecule has 0 bridgehead atoms. The van der Waals surface area contributed by atoms with Gasteiger partial charge in [-0.2, -0.15) is 0 Å². The van der Waals surface area contributed by atoms with Crippen LogP contribution in [0.4, 0.5) is 4.39 Å². The Bertz CT molecular complexity index is 399. The van der Waals surface area contributed by atoms with Gasteiger partial charge >= 0.3 is 0 Å². The van der Waals surface area contributed by atoms with E-state index in [-0.39, 0.29) is 5.82 Å². The van der Waals surface area contributed by atoms with E-state index in [2.05, 4.69) is 35.1 Å². The molecule has 0 heterocycles. The molecule has 0 amide bonds. The molecule has 1 saturated carbocycles. The number of rotatable bonds is 5. The van der Waals surface area contributed by atoms with E-state index in [0.717, 1.165) is 24.6 Å². The van der Waals surface area contributed by atoms with Gasteiger partial charge in [0.05, 0.1) is 4.47 Å². The van der Waals surface area contributed by atoms with E-state index in [1.54, 1.807) is 12.1 Å². The summed E-state index contributed by atoms with van der Waals surface area (Å²) < 4.78 is 13.8. The third-order valence-corrected chi connectivity index (χ3v) is 4.55. The molecule has 1 aliphatic carbocycles. The fourth-order valence-electron chi connectivity index (χ4n) is 2.22. The van der Waals surface area contributed by atoms with Gasteiger partial charge in [-0.3, -0.25) is 0 Å². The number of nitrogens with one attached hydrogen (secondary N) is 1. The Hall–Kier alpha value is -0.410. The Morgan fingerprint density at radius 2 is 2.12 bits per heavy atom. The van der Waals surface area contributed by atoms with Crippen molar-refractivity contribution >= 4 is 15.9 Å². The van der Waals surface area contributed by atoms with Crippen LogP contribution in [0.25, 0.3) is 0 Å². The average Bonchev–Trinajstić information content (AvgIpc) is 3.04. The van der Waals surface area contributed by atoms with Crippen LogP contribution in [0.1, 0.15) is 32.3 Å². The third-order valence-electron chi connectivity index (χ3n) is 3.91. The van der Waals surface area contributed by atoms with E-state index < -0.39 is 0 Å². The number of hydrogen-bond acceptors (Lipinski definition) is 1. The van der Waals surface area contributed by atoms with Gasteiger partial charge in [0.2, 0.25) is 0 Å². The molecule has 0 saturated heterocycles. The molecule has 1 aromatic rings. The summed E-state index contributed by atoms with van der Waals surface area (Å²) in [7, 11) is 0. The molecule has 1 N–H and O–H groups in total. The van der Waals surface area contributed by atoms with Crippen LogP contribution in [0.2, 0.25) is 0 Å². The fourth-order valence-corrected chi connectivity index (χ4v) is 2.47. The highest BCUT2D eigenvalue weighted by atomic mass is 79.9. The zero-order valence-corrected chi connectivity index (χ0v) is 12.0. The van der Waals surface area contributed by atoms with E-state index in [0.29, 0.717) is 9.89 Å². The number of hydrogen-bond donors (Lipinski definition) is 1. The largest absolute Gasteiger partial charge is 0.312 e. The molecule has 0 unspecified atom stereocenters. The fraction of sp³-hybridized carbons (Fsp3) is 0.571. The molecule has 2 rings (SSSR count). The van der Waals surface area contributed by atoms with Crippen molar-refractivity contribution in [3.8, 4) is 0 Å². The first kappa shape index (κ1) is 13.0. The molecule has 0 spiro atoms. The molecular formula is C14H19BrFN. The van der Waals surface area contributed by atoms with E-state index >= 15 is 0 Å². The maximum absolute atomic E-state index is 13.3. The van der Waals surface area contributed by atoms with Crippen molar-refractivity contribution in [2.45, 2.75) is 33.2 Å². The first-order valence-corrected chi connectivity index (χ1v) is 6.97. The quantitative estimate of drug-likeness (QED) is 0.862. The van der Waals surface area contributed by atoms with Crippen molar-refractivity contribution in [1.29, 1.82) is 0 Å². The maximum atomic E-state index is 13.3. The van der Waals surface area contributed by atoms with Crippen molar-refractivity contribution < 1.29 is 4.39 Å². The maximum Gasteiger partial charge on any atom is 0.137 e. The lowest BCUT2D eigenvalue weighted by Gasteiger charge is -2.20. The molecule has 1 aromatic carbocycles. The summed E-state index contributed by atoms with van der Waals surface area (Å²) in [6, 6.07) is 5.31. The molecule has 17 heavy (non-hydrogen) atoms. The normalized spacial score (nSPS) is 17.5. The van der Waals surface area contributed by atoms with E-state index in [1.165, 1.54) is 12.8 Å². The van der Waals surface area contributed by atoms with Crippen molar-refractivity contribution in [3.05, 3.63) is 34.1 Å². The highest BCUT2D eigenvalue weighted by Gasteiger charge is 2.44. The molecular weight excluding hydrogens is 281 g/mol. The summed E-state index contributed by atoms with van der Waals surface area (Å²) in [6.07, 6.45) is 2.65. The Kier molecular flexibility index (Phi) is 3.88. The van der Waals surface area contributed by atoms with Gasteiger partial charge in [-0.25, -0.2) is 4.39 Å². The van der Waals surface area contributed by atoms with Gasteiger partial charge in [-0.15, -0.1) is 0 Å². The third kappa shape index (κ3) is 3.08. The molecule has 0 atom stereocenters. The minimum Gasteiger partial charge on any atom is -0.312 e. The smallest absolute Gasteiger partial charge is 0.137 e. The van der Waals surface area contributed by atoms with Crippen LogP contribution in [-0.2, 0) is 6.54 Å². The SMILES string of the molecule is CC(C)C1(CNCc2ccc(Br)c(F)c2)CC1. The van der Waals surface area contributed by atoms with E-state index in [9.17, 15) is 4.39 Å². The first-order chi connectivity index (χ1) is 8.03. The highest BCUT2D eigenvalue weighted by Crippen LogP contribution is 2.51. The Labute approximate surface area is 111 Å². The second-order valence-corrected chi connectivity index (χ2v) is 6.22. The van der Waals surface area contributed by atoms with Crippen molar-refractivity contribution in [2.24, 2.45) is 11.3 Å². The standard InChI is InChI=1S/C14H19BrFN/c1-10(2)14(5-6-14)9-17-8-11-3-4-12(15)13(16)7-11/h3-4,7,10,17H,5-6,8-9H2,1-2H3. The van der Waals surface area contributed by atoms with Gasteiger partial charge in [0, 0.05) is 13.1 Å². The molecule has 0 radical (unpaired) electrons. The van der Waals surface area contributed by atoms with Crippen molar-refractivity contribution in [3.63, 3.8) is 0 Å². The van der Waals surface area contributed by atoms with Gasteiger partial charge < -0.3 is 5.32 Å². The molecule has 1 aliphatic rings. The van der Waals surface area contributed by atoms with Crippen LogP contribution < -0.4 is 5.32 Å². The highest BCUT2D eigenvalue weighted by molar-refractivity contribution is 9.10. The number of halogens is 2. The zero-order chi connectivity index (χ0) is 12.5. The van der Waals surface area contributed by atoms with Crippen LogP contribution in [0, 0.1) is 17.2 Å². The molecule has 1 fully saturated rings. The predicted octanol–water partition coefficient (Wildman–Crippen LogP) is 4.11. The molecule has 3 heteroatoms. The van der Waals surface area contributed by atoms with Crippen LogP contribution in [0.5, 0.6) is 0 Å². The average molecular weight is 300 g/mol. The topological polar surface area (TPSA) is 12.0 Å². The van der Waals surface area contributed by atoms with E-state index in [4.69, 9.17) is 0 Å². The van der Waals surface area contributed by atoms with Gasteiger partial charge in [0.1, 0.15) is 5.82 Å². The summed E-state index contributed by atoms with van der Waals surface area (Å²) in [6.45, 7) is 6.36. The van der Waals surface area contributed by atoms with Crippen molar-refractivity contribution in [1.82, 2.24) is 5.32 Å². The molecule has 0 aromatic heterocycles. The molecule has 0 aliphatic heterocycles. The van der Waals surface area contributed by atoms with Gasteiger partial charge in [-0.05, 0) is 57.8 Å². The van der Waals surface area contributed by atoms with Crippen LogP contribution in [0.3, 0.4) is 0 Å². The first-order valence-electron chi connectivity index (χ1n) is 6.18. The van der Waals surface area contributed by atoms with Gasteiger partial charge in [0.25, 0.3) is 0 Å². The lowest BCUT2D eigenvalue weighted by molar-refractivity contribution is 0.337. The second kappa shape index (κ2) is 5.07. The number of benzene rings is 1. The van der Waals surface area contributed by atoms with E-state index in [1.807, 2.05) is 6.07 Å². The summed E-state index contributed by atoms with van der Waals surface area (Å²) in [4.78, 5) is 0. The summed E-state index contributed by atoms with van der Waals surface area (Å²) in [5.41, 5.74) is 1.51. The Balaban J connectivity index is 1.84. The van der Waals surface area contributed by atoms with Crippen LogP contribution in [-0.4, -0.2) is 6.54 Å².